The summed E-state index contributed by atoms with van der Waals surface area (Å²) in [6.45, 7) is 0.828. The predicted molar refractivity (Wildman–Crippen MR) is 143 cm³/mol. The molecule has 1 aromatic heterocycles. The average Bonchev–Trinajstić information content (AvgIpc) is 3.21. The van der Waals surface area contributed by atoms with Gasteiger partial charge in [-0.15, -0.1) is 0 Å². The Bertz CT molecular complexity index is 1400. The molecular weight excluding hydrogens is 500 g/mol. The molecular formula is C30H27BrN2S. The zero-order chi connectivity index (χ0) is 22.6. The zero-order valence-corrected chi connectivity index (χ0v) is 21.8. The van der Waals surface area contributed by atoms with Crippen molar-refractivity contribution in [2.45, 2.75) is 6.54 Å². The lowest BCUT2D eigenvalue weighted by atomic mass is 9.99. The van der Waals surface area contributed by atoms with E-state index in [1.54, 1.807) is 0 Å². The van der Waals surface area contributed by atoms with Gasteiger partial charge in [-0.3, -0.25) is 0 Å². The van der Waals surface area contributed by atoms with Crippen LogP contribution in [0.3, 0.4) is 0 Å². The number of para-hydroxylation sites is 1. The van der Waals surface area contributed by atoms with Gasteiger partial charge in [-0.1, -0.05) is 90.2 Å². The van der Waals surface area contributed by atoms with Gasteiger partial charge in [0.15, 0.2) is 6.54 Å². The van der Waals surface area contributed by atoms with E-state index in [1.807, 2.05) is 11.3 Å². The molecule has 0 atom stereocenters. The Morgan fingerprint density at radius 3 is 2.18 bits per heavy atom. The molecule has 2 nitrogen and oxygen atoms in total. The number of anilines is 1. The predicted octanol–water partition coefficient (Wildman–Crippen LogP) is 4.14. The third-order valence-electron chi connectivity index (χ3n) is 5.90. The number of halogens is 1. The van der Waals surface area contributed by atoms with Crippen molar-refractivity contribution in [2.75, 3.05) is 19.0 Å². The van der Waals surface area contributed by atoms with E-state index in [4.69, 9.17) is 0 Å². The molecule has 4 aromatic carbocycles. The Kier molecular flexibility index (Phi) is 7.61. The molecule has 170 valence electrons. The molecule has 0 amide bonds. The topological polar surface area (TPSA) is 7.12 Å². The van der Waals surface area contributed by atoms with Crippen LogP contribution < -0.4 is 26.4 Å². The van der Waals surface area contributed by atoms with Gasteiger partial charge < -0.3 is 21.9 Å². The molecule has 5 aromatic rings. The summed E-state index contributed by atoms with van der Waals surface area (Å²) >= 11 is 1.84. The second-order valence-electron chi connectivity index (χ2n) is 8.34. The van der Waals surface area contributed by atoms with E-state index in [2.05, 4.69) is 139 Å². The lowest BCUT2D eigenvalue weighted by Crippen LogP contribution is -3.00. The molecule has 34 heavy (non-hydrogen) atoms. The Balaban J connectivity index is 0.00000274. The first-order valence-electron chi connectivity index (χ1n) is 11.2. The number of fused-ring (bicyclic) bond motifs is 1. The molecule has 1 heterocycles. The van der Waals surface area contributed by atoms with E-state index in [0.29, 0.717) is 0 Å². The fourth-order valence-electron chi connectivity index (χ4n) is 4.12. The molecule has 0 aliphatic carbocycles. The fourth-order valence-corrected chi connectivity index (χ4v) is 5.18. The molecule has 4 heteroatoms. The first kappa shape index (κ1) is 23.9. The summed E-state index contributed by atoms with van der Waals surface area (Å²) in [5.41, 5.74) is 7.55. The number of rotatable bonds is 6. The minimum Gasteiger partial charge on any atom is -1.00 e. The van der Waals surface area contributed by atoms with Crippen LogP contribution in [-0.4, -0.2) is 14.1 Å². The van der Waals surface area contributed by atoms with Gasteiger partial charge in [-0.2, -0.15) is 4.57 Å². The van der Waals surface area contributed by atoms with Crippen LogP contribution in [0.25, 0.3) is 33.5 Å². The summed E-state index contributed by atoms with van der Waals surface area (Å²) in [5, 5.41) is 1.25. The van der Waals surface area contributed by atoms with Gasteiger partial charge in [-0.05, 0) is 41.0 Å². The molecule has 0 fully saturated rings. The highest BCUT2D eigenvalue weighted by molar-refractivity contribution is 7.18. The Hall–Kier alpha value is -3.21. The Morgan fingerprint density at radius 2 is 1.41 bits per heavy atom. The number of thiazole rings is 1. The summed E-state index contributed by atoms with van der Waals surface area (Å²) < 4.78 is 3.74. The van der Waals surface area contributed by atoms with Crippen LogP contribution >= 0.6 is 11.3 Å². The van der Waals surface area contributed by atoms with Gasteiger partial charge in [0, 0.05) is 37.5 Å². The van der Waals surface area contributed by atoms with E-state index in [0.717, 1.165) is 6.54 Å². The van der Waals surface area contributed by atoms with Gasteiger partial charge >= 0.3 is 0 Å². The molecule has 0 radical (unpaired) electrons. The van der Waals surface area contributed by atoms with Crippen LogP contribution in [0.1, 0.15) is 16.1 Å². The Morgan fingerprint density at radius 1 is 0.735 bits per heavy atom. The van der Waals surface area contributed by atoms with E-state index in [9.17, 15) is 0 Å². The highest BCUT2D eigenvalue weighted by Gasteiger charge is 2.20. The normalized spacial score (nSPS) is 11.0. The quantitative estimate of drug-likeness (QED) is 0.301. The van der Waals surface area contributed by atoms with Crippen LogP contribution in [-0.2, 0) is 6.54 Å². The van der Waals surface area contributed by atoms with Crippen molar-refractivity contribution in [1.82, 2.24) is 0 Å². The summed E-state index contributed by atoms with van der Waals surface area (Å²) in [5.74, 6) is 0. The molecule has 0 saturated heterocycles. The standard InChI is InChI=1S/C30H27N2S.BrH/c1-31(2)26-19-16-23(17-20-26)18-21-30-32(28-14-8-9-15-29(28)33-30)22-25-12-6-7-13-27(25)24-10-4-3-5-11-24;/h3-21H,22H2,1-2H3;1H/q+1;/p-1. The van der Waals surface area contributed by atoms with Crippen LogP contribution in [0, 0.1) is 0 Å². The second-order valence-corrected chi connectivity index (χ2v) is 9.40. The molecule has 0 spiro atoms. The number of hydrogen-bond acceptors (Lipinski definition) is 2. The lowest BCUT2D eigenvalue weighted by Gasteiger charge is -2.11. The van der Waals surface area contributed by atoms with E-state index in [1.165, 1.54) is 43.2 Å². The van der Waals surface area contributed by atoms with Gasteiger partial charge in [0.05, 0.1) is 0 Å². The fraction of sp³-hybridized carbons (Fsp3) is 0.100. The largest absolute Gasteiger partial charge is 1.00 e. The van der Waals surface area contributed by atoms with Gasteiger partial charge in [-0.25, -0.2) is 0 Å². The summed E-state index contributed by atoms with van der Waals surface area (Å²) in [6.07, 6.45) is 4.46. The molecule has 0 saturated carbocycles. The van der Waals surface area contributed by atoms with Crippen LogP contribution in [0.15, 0.2) is 103 Å². The zero-order valence-electron chi connectivity index (χ0n) is 19.4. The minimum absolute atomic E-state index is 0. The van der Waals surface area contributed by atoms with Crippen LogP contribution in [0.2, 0.25) is 0 Å². The minimum atomic E-state index is 0. The molecule has 0 aliphatic rings. The maximum Gasteiger partial charge on any atom is 0.263 e. The van der Waals surface area contributed by atoms with E-state index >= 15 is 0 Å². The maximum atomic E-state index is 2.44. The highest BCUT2D eigenvalue weighted by Crippen LogP contribution is 2.26. The number of aromatic nitrogens is 1. The summed E-state index contributed by atoms with van der Waals surface area (Å²) in [4.78, 5) is 2.12. The first-order chi connectivity index (χ1) is 16.2. The van der Waals surface area contributed by atoms with E-state index < -0.39 is 0 Å². The van der Waals surface area contributed by atoms with E-state index in [-0.39, 0.29) is 17.0 Å². The Labute approximate surface area is 216 Å². The molecule has 5 rings (SSSR count). The molecule has 0 aliphatic heterocycles. The second kappa shape index (κ2) is 10.8. The van der Waals surface area contributed by atoms with Gasteiger partial charge in [0.25, 0.3) is 5.01 Å². The average molecular weight is 528 g/mol. The molecule has 0 N–H and O–H groups in total. The summed E-state index contributed by atoms with van der Waals surface area (Å²) in [7, 11) is 4.14. The maximum absolute atomic E-state index is 2.44. The smallest absolute Gasteiger partial charge is 0.263 e. The SMILES string of the molecule is CN(C)c1ccc(/C=C/c2sc3ccccc3[n+]2Cc2ccccc2-c2ccccc2)cc1.[Br-]. The highest BCUT2D eigenvalue weighted by atomic mass is 79.9. The van der Waals surface area contributed by atoms with Crippen molar-refractivity contribution in [3.8, 4) is 11.1 Å². The number of benzene rings is 4. The monoisotopic (exact) mass is 526 g/mol. The first-order valence-corrected chi connectivity index (χ1v) is 12.0. The molecule has 0 bridgehead atoms. The van der Waals surface area contributed by atoms with Crippen molar-refractivity contribution < 1.29 is 21.5 Å². The van der Waals surface area contributed by atoms with Gasteiger partial charge in [0.1, 0.15) is 4.70 Å². The number of hydrogen-bond donors (Lipinski definition) is 0. The van der Waals surface area contributed by atoms with Crippen molar-refractivity contribution in [2.24, 2.45) is 0 Å². The van der Waals surface area contributed by atoms with Crippen LogP contribution in [0.4, 0.5) is 5.69 Å². The molecule has 0 unspecified atom stereocenters. The van der Waals surface area contributed by atoms with Crippen molar-refractivity contribution in [3.05, 3.63) is 119 Å². The lowest BCUT2D eigenvalue weighted by molar-refractivity contribution is -0.659. The summed E-state index contributed by atoms with van der Waals surface area (Å²) in [6, 6.07) is 36.7. The van der Waals surface area contributed by atoms with Gasteiger partial charge in [0.2, 0.25) is 5.52 Å². The van der Waals surface area contributed by atoms with Crippen molar-refractivity contribution in [3.63, 3.8) is 0 Å². The van der Waals surface area contributed by atoms with Crippen LogP contribution in [0.5, 0.6) is 0 Å². The third-order valence-corrected chi connectivity index (χ3v) is 7.03. The number of nitrogens with zero attached hydrogens (tertiary/aromatic N) is 2. The third kappa shape index (κ3) is 5.14. The van der Waals surface area contributed by atoms with Crippen molar-refractivity contribution >= 4 is 39.4 Å². The van der Waals surface area contributed by atoms with Crippen molar-refractivity contribution in [1.29, 1.82) is 0 Å².